The quantitative estimate of drug-likeness (QED) is 0.835. The molecule has 2 aromatic heterocycles. The molecule has 10 heteroatoms. The minimum absolute atomic E-state index is 0.0898. The van der Waals surface area contributed by atoms with Crippen LogP contribution in [-0.4, -0.2) is 58.5 Å². The van der Waals surface area contributed by atoms with Gasteiger partial charge in [-0.2, -0.15) is 4.31 Å². The third kappa shape index (κ3) is 3.34. The zero-order valence-electron chi connectivity index (χ0n) is 13.6. The zero-order chi connectivity index (χ0) is 17.2. The number of aromatic nitrogens is 4. The largest absolute Gasteiger partial charge is 0.478 e. The molecule has 1 saturated heterocycles. The standard InChI is InChI=1S/C14H20N6O3S/c1-19-9-12(17-10-19)24(21,22)20-7-3-11(4-8-20)18-13-14(23-2)16-6-5-15-13/h5-6,9-11H,3-4,7-8H2,1-2H3,(H,15,18). The van der Waals surface area contributed by atoms with Crippen LogP contribution in [0.25, 0.3) is 0 Å². The highest BCUT2D eigenvalue weighted by Gasteiger charge is 2.31. The predicted octanol–water partition coefficient (Wildman–Crippen LogP) is 0.484. The van der Waals surface area contributed by atoms with Gasteiger partial charge in [0, 0.05) is 44.8 Å². The second-order valence-corrected chi connectivity index (χ2v) is 7.50. The summed E-state index contributed by atoms with van der Waals surface area (Å²) in [5, 5.41) is 3.37. The fraction of sp³-hybridized carbons (Fsp3) is 0.500. The van der Waals surface area contributed by atoms with E-state index in [1.807, 2.05) is 0 Å². The average Bonchev–Trinajstić information content (AvgIpc) is 3.03. The number of aryl methyl sites for hydroxylation is 1. The first-order valence-electron chi connectivity index (χ1n) is 7.60. The highest BCUT2D eigenvalue weighted by atomic mass is 32.2. The maximum atomic E-state index is 12.6. The Labute approximate surface area is 140 Å². The van der Waals surface area contributed by atoms with Crippen molar-refractivity contribution in [1.82, 2.24) is 23.8 Å². The van der Waals surface area contributed by atoms with E-state index in [1.165, 1.54) is 23.9 Å². The lowest BCUT2D eigenvalue weighted by Crippen LogP contribution is -2.42. The lowest BCUT2D eigenvalue weighted by Gasteiger charge is -2.31. The van der Waals surface area contributed by atoms with E-state index in [0.717, 1.165) is 0 Å². The Bertz CT molecular complexity index is 798. The van der Waals surface area contributed by atoms with Crippen LogP contribution in [0.5, 0.6) is 5.88 Å². The monoisotopic (exact) mass is 352 g/mol. The summed E-state index contributed by atoms with van der Waals surface area (Å²) in [6, 6.07) is 0.116. The fourth-order valence-electron chi connectivity index (χ4n) is 2.66. The number of nitrogens with zero attached hydrogens (tertiary/aromatic N) is 5. The van der Waals surface area contributed by atoms with Crippen molar-refractivity contribution in [2.75, 3.05) is 25.5 Å². The molecule has 1 N–H and O–H groups in total. The van der Waals surface area contributed by atoms with Crippen LogP contribution in [0.2, 0.25) is 0 Å². The van der Waals surface area contributed by atoms with Crippen LogP contribution in [0, 0.1) is 0 Å². The highest BCUT2D eigenvalue weighted by molar-refractivity contribution is 7.89. The minimum Gasteiger partial charge on any atom is -0.478 e. The lowest BCUT2D eigenvalue weighted by molar-refractivity contribution is 0.327. The molecule has 130 valence electrons. The molecule has 0 unspecified atom stereocenters. The van der Waals surface area contributed by atoms with Crippen LogP contribution in [-0.2, 0) is 17.1 Å². The number of sulfonamides is 1. The first kappa shape index (κ1) is 16.7. The van der Waals surface area contributed by atoms with Crippen molar-refractivity contribution in [2.45, 2.75) is 23.9 Å². The maximum Gasteiger partial charge on any atom is 0.262 e. The Balaban J connectivity index is 1.64. The Morgan fingerprint density at radius 3 is 2.54 bits per heavy atom. The van der Waals surface area contributed by atoms with Gasteiger partial charge in [0.1, 0.15) is 0 Å². The van der Waals surface area contributed by atoms with Gasteiger partial charge in [0.05, 0.1) is 13.4 Å². The van der Waals surface area contributed by atoms with Gasteiger partial charge in [0.25, 0.3) is 15.9 Å². The van der Waals surface area contributed by atoms with Gasteiger partial charge in [-0.05, 0) is 12.8 Å². The molecule has 0 aromatic carbocycles. The van der Waals surface area contributed by atoms with Crippen LogP contribution in [0.3, 0.4) is 0 Å². The molecule has 9 nitrogen and oxygen atoms in total. The van der Waals surface area contributed by atoms with Crippen LogP contribution in [0.15, 0.2) is 29.9 Å². The second-order valence-electron chi connectivity index (χ2n) is 5.61. The van der Waals surface area contributed by atoms with E-state index in [-0.39, 0.29) is 11.1 Å². The van der Waals surface area contributed by atoms with Crippen molar-refractivity contribution >= 4 is 15.8 Å². The van der Waals surface area contributed by atoms with Gasteiger partial charge in [0.15, 0.2) is 10.8 Å². The zero-order valence-corrected chi connectivity index (χ0v) is 14.4. The topological polar surface area (TPSA) is 102 Å². The maximum absolute atomic E-state index is 12.6. The summed E-state index contributed by atoms with van der Waals surface area (Å²) in [4.78, 5) is 12.3. The summed E-state index contributed by atoms with van der Waals surface area (Å²) in [7, 11) is -0.244. The molecule has 0 saturated carbocycles. The molecule has 2 aromatic rings. The van der Waals surface area contributed by atoms with E-state index >= 15 is 0 Å². The summed E-state index contributed by atoms with van der Waals surface area (Å²) in [5.41, 5.74) is 0. The molecule has 1 aliphatic rings. The second kappa shape index (κ2) is 6.73. The van der Waals surface area contributed by atoms with Gasteiger partial charge in [-0.1, -0.05) is 0 Å². The summed E-state index contributed by atoms with van der Waals surface area (Å²) in [6.45, 7) is 0.859. The van der Waals surface area contributed by atoms with Gasteiger partial charge < -0.3 is 14.6 Å². The van der Waals surface area contributed by atoms with Crippen LogP contribution >= 0.6 is 0 Å². The Morgan fingerprint density at radius 2 is 1.92 bits per heavy atom. The number of hydrogen-bond acceptors (Lipinski definition) is 7. The van der Waals surface area contributed by atoms with Crippen molar-refractivity contribution in [2.24, 2.45) is 7.05 Å². The number of ether oxygens (including phenoxy) is 1. The van der Waals surface area contributed by atoms with E-state index in [2.05, 4.69) is 20.3 Å². The number of imidazole rings is 1. The number of piperidine rings is 1. The van der Waals surface area contributed by atoms with Gasteiger partial charge in [-0.25, -0.2) is 23.4 Å². The number of methoxy groups -OCH3 is 1. The molecule has 0 aliphatic carbocycles. The third-order valence-corrected chi connectivity index (χ3v) is 5.72. The summed E-state index contributed by atoms with van der Waals surface area (Å²) >= 11 is 0. The predicted molar refractivity (Wildman–Crippen MR) is 87.2 cm³/mol. The van der Waals surface area contributed by atoms with E-state index in [0.29, 0.717) is 37.6 Å². The van der Waals surface area contributed by atoms with Gasteiger partial charge in [-0.15, -0.1) is 0 Å². The molecule has 3 rings (SSSR count). The average molecular weight is 352 g/mol. The van der Waals surface area contributed by atoms with Crippen LogP contribution < -0.4 is 10.1 Å². The molecule has 24 heavy (non-hydrogen) atoms. The third-order valence-electron chi connectivity index (χ3n) is 3.94. The van der Waals surface area contributed by atoms with Crippen LogP contribution in [0.4, 0.5) is 5.82 Å². The van der Waals surface area contributed by atoms with Crippen LogP contribution in [0.1, 0.15) is 12.8 Å². The number of hydrogen-bond donors (Lipinski definition) is 1. The minimum atomic E-state index is -3.53. The number of nitrogens with one attached hydrogen (secondary N) is 1. The smallest absolute Gasteiger partial charge is 0.262 e. The Hall–Kier alpha value is -2.20. The molecule has 1 aliphatic heterocycles. The SMILES string of the molecule is COc1nccnc1NC1CCN(S(=O)(=O)c2cn(C)cn2)CC1. The summed E-state index contributed by atoms with van der Waals surface area (Å²) in [5.74, 6) is 1.01. The summed E-state index contributed by atoms with van der Waals surface area (Å²) < 4.78 is 33.4. The summed E-state index contributed by atoms with van der Waals surface area (Å²) in [6.07, 6.45) is 7.50. The number of anilines is 1. The Kier molecular flexibility index (Phi) is 4.67. The molecule has 0 bridgehead atoms. The van der Waals surface area contributed by atoms with Crippen molar-refractivity contribution in [3.63, 3.8) is 0 Å². The van der Waals surface area contributed by atoms with Crippen molar-refractivity contribution in [3.8, 4) is 5.88 Å². The molecule has 0 atom stereocenters. The number of rotatable bonds is 5. The molecular formula is C14H20N6O3S. The van der Waals surface area contributed by atoms with Gasteiger partial charge in [-0.3, -0.25) is 0 Å². The molecule has 0 radical (unpaired) electrons. The molecule has 0 spiro atoms. The van der Waals surface area contributed by atoms with Crippen molar-refractivity contribution < 1.29 is 13.2 Å². The van der Waals surface area contributed by atoms with E-state index in [9.17, 15) is 8.42 Å². The molecule has 0 amide bonds. The molecule has 3 heterocycles. The first-order chi connectivity index (χ1) is 11.5. The van der Waals surface area contributed by atoms with Gasteiger partial charge in [0.2, 0.25) is 0 Å². The Morgan fingerprint density at radius 1 is 1.21 bits per heavy atom. The van der Waals surface area contributed by atoms with Crippen molar-refractivity contribution in [3.05, 3.63) is 24.9 Å². The first-order valence-corrected chi connectivity index (χ1v) is 9.04. The lowest BCUT2D eigenvalue weighted by atomic mass is 10.1. The van der Waals surface area contributed by atoms with E-state index < -0.39 is 10.0 Å². The van der Waals surface area contributed by atoms with E-state index in [4.69, 9.17) is 4.74 Å². The van der Waals surface area contributed by atoms with Gasteiger partial charge >= 0.3 is 0 Å². The molecule has 1 fully saturated rings. The highest BCUT2D eigenvalue weighted by Crippen LogP contribution is 2.24. The molecular weight excluding hydrogens is 332 g/mol. The fourth-order valence-corrected chi connectivity index (χ4v) is 4.10. The van der Waals surface area contributed by atoms with Crippen molar-refractivity contribution in [1.29, 1.82) is 0 Å². The normalized spacial score (nSPS) is 16.9. The van der Waals surface area contributed by atoms with E-state index in [1.54, 1.807) is 24.0 Å².